The minimum atomic E-state index is -0.880. The van der Waals surface area contributed by atoms with Crippen LogP contribution in [0, 0.1) is 0 Å². The van der Waals surface area contributed by atoms with Crippen molar-refractivity contribution in [1.29, 1.82) is 0 Å². The van der Waals surface area contributed by atoms with E-state index in [-0.39, 0.29) is 5.91 Å². The highest BCUT2D eigenvalue weighted by Gasteiger charge is 2.19. The van der Waals surface area contributed by atoms with Crippen molar-refractivity contribution >= 4 is 17.4 Å². The van der Waals surface area contributed by atoms with Crippen LogP contribution in [0.1, 0.15) is 32.0 Å². The molecule has 1 aromatic heterocycles. The van der Waals surface area contributed by atoms with Gasteiger partial charge in [0.2, 0.25) is 5.91 Å². The highest BCUT2D eigenvalue weighted by atomic mass is 16.3. The first kappa shape index (κ1) is 19.3. The molecule has 1 amide bonds. The van der Waals surface area contributed by atoms with Gasteiger partial charge < -0.3 is 15.3 Å². The number of amides is 1. The Morgan fingerprint density at radius 1 is 1.15 bits per heavy atom. The Balaban J connectivity index is 1.64. The van der Waals surface area contributed by atoms with Crippen LogP contribution in [0.3, 0.4) is 0 Å². The van der Waals surface area contributed by atoms with Crippen molar-refractivity contribution in [1.82, 2.24) is 14.8 Å². The summed E-state index contributed by atoms with van der Waals surface area (Å²) in [5, 5.41) is 13.5. The second-order valence-electron chi connectivity index (χ2n) is 7.56. The number of anilines is 2. The van der Waals surface area contributed by atoms with Crippen molar-refractivity contribution in [2.75, 3.05) is 31.5 Å². The maximum Gasteiger partial charge on any atom is 0.219 e. The minimum Gasteiger partial charge on any atom is -0.386 e. The topological polar surface area (TPSA) is 68.7 Å². The van der Waals surface area contributed by atoms with Crippen LogP contribution in [0.15, 0.2) is 42.5 Å². The van der Waals surface area contributed by atoms with Crippen LogP contribution in [0.5, 0.6) is 0 Å². The van der Waals surface area contributed by atoms with E-state index in [9.17, 15) is 9.90 Å². The summed E-state index contributed by atoms with van der Waals surface area (Å²) in [6, 6.07) is 13.7. The third kappa shape index (κ3) is 5.28. The number of carbonyl (C=O) groups is 1. The minimum absolute atomic E-state index is 0.146. The lowest BCUT2D eigenvalue weighted by atomic mass is 9.98. The van der Waals surface area contributed by atoms with Gasteiger partial charge in [0.15, 0.2) is 0 Å². The first-order valence-corrected chi connectivity index (χ1v) is 9.35. The summed E-state index contributed by atoms with van der Waals surface area (Å²) in [6.45, 7) is 9.23. The molecule has 6 heteroatoms. The maximum atomic E-state index is 11.4. The van der Waals surface area contributed by atoms with Gasteiger partial charge in [0.1, 0.15) is 5.82 Å². The molecule has 1 aromatic carbocycles. The molecule has 27 heavy (non-hydrogen) atoms. The Bertz CT molecular complexity index is 793. The average molecular weight is 368 g/mol. The van der Waals surface area contributed by atoms with Gasteiger partial charge in [-0.15, -0.1) is 0 Å². The second-order valence-corrected chi connectivity index (χ2v) is 7.56. The molecule has 1 saturated heterocycles. The zero-order chi connectivity index (χ0) is 19.4. The smallest absolute Gasteiger partial charge is 0.219 e. The van der Waals surface area contributed by atoms with E-state index in [1.54, 1.807) is 20.8 Å². The second kappa shape index (κ2) is 8.06. The molecule has 3 rings (SSSR count). The van der Waals surface area contributed by atoms with Crippen LogP contribution in [0.25, 0.3) is 0 Å². The highest BCUT2D eigenvalue weighted by molar-refractivity contribution is 5.73. The molecule has 144 valence electrons. The molecule has 2 aromatic rings. The molecule has 6 nitrogen and oxygen atoms in total. The quantitative estimate of drug-likeness (QED) is 0.849. The molecule has 1 aliphatic rings. The Morgan fingerprint density at radius 2 is 1.85 bits per heavy atom. The molecule has 1 aliphatic heterocycles. The van der Waals surface area contributed by atoms with Crippen LogP contribution in [0.2, 0.25) is 0 Å². The van der Waals surface area contributed by atoms with Crippen molar-refractivity contribution in [3.63, 3.8) is 0 Å². The Morgan fingerprint density at radius 3 is 2.52 bits per heavy atom. The highest BCUT2D eigenvalue weighted by Crippen LogP contribution is 2.24. The van der Waals surface area contributed by atoms with E-state index in [1.165, 1.54) is 0 Å². The van der Waals surface area contributed by atoms with Crippen LogP contribution in [-0.4, -0.2) is 52.0 Å². The number of nitrogens with zero attached hydrogens (tertiary/aromatic N) is 3. The maximum absolute atomic E-state index is 11.4. The molecular formula is C21H28N4O2. The van der Waals surface area contributed by atoms with Crippen molar-refractivity contribution in [3.05, 3.63) is 53.7 Å². The van der Waals surface area contributed by atoms with Crippen LogP contribution < -0.4 is 5.32 Å². The molecule has 0 spiro atoms. The SMILES string of the molecule is CC(=O)N1CCN(Cc2cccc(Nc3cccc(C(C)(C)O)c3)n2)CC1. The summed E-state index contributed by atoms with van der Waals surface area (Å²) in [6.07, 6.45) is 0. The Labute approximate surface area is 160 Å². The van der Waals surface area contributed by atoms with Crippen LogP contribution >= 0.6 is 0 Å². The van der Waals surface area contributed by atoms with E-state index in [0.717, 1.165) is 55.5 Å². The normalized spacial score (nSPS) is 15.6. The summed E-state index contributed by atoms with van der Waals surface area (Å²) < 4.78 is 0. The summed E-state index contributed by atoms with van der Waals surface area (Å²) >= 11 is 0. The van der Waals surface area contributed by atoms with E-state index < -0.39 is 5.60 Å². The lowest BCUT2D eigenvalue weighted by Gasteiger charge is -2.33. The van der Waals surface area contributed by atoms with E-state index in [4.69, 9.17) is 4.98 Å². The van der Waals surface area contributed by atoms with Gasteiger partial charge in [-0.1, -0.05) is 18.2 Å². The molecular weight excluding hydrogens is 340 g/mol. The third-order valence-corrected chi connectivity index (χ3v) is 4.85. The first-order chi connectivity index (χ1) is 12.8. The van der Waals surface area contributed by atoms with Gasteiger partial charge in [0, 0.05) is 45.3 Å². The summed E-state index contributed by atoms with van der Waals surface area (Å²) in [7, 11) is 0. The summed E-state index contributed by atoms with van der Waals surface area (Å²) in [5.74, 6) is 0.926. The summed E-state index contributed by atoms with van der Waals surface area (Å²) in [4.78, 5) is 20.4. The number of aliphatic hydroxyl groups is 1. The number of carbonyl (C=O) groups excluding carboxylic acids is 1. The number of piperazine rings is 1. The monoisotopic (exact) mass is 368 g/mol. The number of hydrogen-bond donors (Lipinski definition) is 2. The Hall–Kier alpha value is -2.44. The van der Waals surface area contributed by atoms with Crippen molar-refractivity contribution < 1.29 is 9.90 Å². The standard InChI is InChI=1S/C21H28N4O2/c1-16(26)25-12-10-24(11-13-25)15-19-8-5-9-20(23-19)22-18-7-4-6-17(14-18)21(2,3)27/h4-9,14,27H,10-13,15H2,1-3H3,(H,22,23). The number of hydrogen-bond acceptors (Lipinski definition) is 5. The zero-order valence-corrected chi connectivity index (χ0v) is 16.3. The van der Waals surface area contributed by atoms with Gasteiger partial charge in [-0.05, 0) is 43.7 Å². The molecule has 2 N–H and O–H groups in total. The van der Waals surface area contributed by atoms with Gasteiger partial charge in [0.25, 0.3) is 0 Å². The van der Waals surface area contributed by atoms with Crippen LogP contribution in [-0.2, 0) is 16.9 Å². The van der Waals surface area contributed by atoms with E-state index in [2.05, 4.69) is 10.2 Å². The molecule has 0 bridgehead atoms. The number of pyridine rings is 1. The fourth-order valence-corrected chi connectivity index (χ4v) is 3.21. The number of rotatable bonds is 5. The number of nitrogens with one attached hydrogen (secondary N) is 1. The molecule has 0 saturated carbocycles. The predicted molar refractivity (Wildman–Crippen MR) is 107 cm³/mol. The fraction of sp³-hybridized carbons (Fsp3) is 0.429. The first-order valence-electron chi connectivity index (χ1n) is 9.35. The number of benzene rings is 1. The number of aromatic nitrogens is 1. The third-order valence-electron chi connectivity index (χ3n) is 4.85. The van der Waals surface area contributed by atoms with Gasteiger partial charge >= 0.3 is 0 Å². The van der Waals surface area contributed by atoms with Gasteiger partial charge in [-0.2, -0.15) is 0 Å². The van der Waals surface area contributed by atoms with E-state index >= 15 is 0 Å². The van der Waals surface area contributed by atoms with Crippen LogP contribution in [0.4, 0.5) is 11.5 Å². The molecule has 0 unspecified atom stereocenters. The average Bonchev–Trinajstić information content (AvgIpc) is 2.62. The van der Waals surface area contributed by atoms with Gasteiger partial charge in [-0.3, -0.25) is 9.69 Å². The largest absolute Gasteiger partial charge is 0.386 e. The zero-order valence-electron chi connectivity index (χ0n) is 16.3. The molecule has 1 fully saturated rings. The predicted octanol–water partition coefficient (Wildman–Crippen LogP) is 2.72. The fourth-order valence-electron chi connectivity index (χ4n) is 3.21. The van der Waals surface area contributed by atoms with E-state index in [1.807, 2.05) is 47.4 Å². The van der Waals surface area contributed by atoms with Gasteiger partial charge in [0.05, 0.1) is 11.3 Å². The molecule has 0 atom stereocenters. The van der Waals surface area contributed by atoms with E-state index in [0.29, 0.717) is 0 Å². The molecule has 0 radical (unpaired) electrons. The Kier molecular flexibility index (Phi) is 5.77. The summed E-state index contributed by atoms with van der Waals surface area (Å²) in [5.41, 5.74) is 1.87. The molecule has 0 aliphatic carbocycles. The van der Waals surface area contributed by atoms with Crippen molar-refractivity contribution in [2.24, 2.45) is 0 Å². The van der Waals surface area contributed by atoms with Gasteiger partial charge in [-0.25, -0.2) is 4.98 Å². The van der Waals surface area contributed by atoms with Crippen molar-refractivity contribution in [2.45, 2.75) is 32.9 Å². The molecule has 2 heterocycles. The van der Waals surface area contributed by atoms with Crippen molar-refractivity contribution in [3.8, 4) is 0 Å². The lowest BCUT2D eigenvalue weighted by molar-refractivity contribution is -0.130. The lowest BCUT2D eigenvalue weighted by Crippen LogP contribution is -2.47.